The second-order valence-corrected chi connectivity index (χ2v) is 3.71. The lowest BCUT2D eigenvalue weighted by Gasteiger charge is -2.25. The van der Waals surface area contributed by atoms with Crippen molar-refractivity contribution in [1.82, 2.24) is 0 Å². The largest absolute Gasteiger partial charge is 0.412 e. The maximum Gasteiger partial charge on any atom is 0.0872 e. The van der Waals surface area contributed by atoms with Crippen molar-refractivity contribution in [2.45, 2.75) is 12.1 Å². The Morgan fingerprint density at radius 2 is 1.44 bits per heavy atom. The van der Waals surface area contributed by atoms with Crippen LogP contribution in [0.5, 0.6) is 0 Å². The molecule has 0 heterocycles. The second-order valence-electron chi connectivity index (χ2n) is 3.71. The predicted octanol–water partition coefficient (Wildman–Crippen LogP) is -1.66. The van der Waals surface area contributed by atoms with E-state index in [9.17, 15) is 0 Å². The molecule has 6 heteroatoms. The summed E-state index contributed by atoms with van der Waals surface area (Å²) in [6, 6.07) is 10.2. The van der Waals surface area contributed by atoms with Crippen LogP contribution in [0.15, 0.2) is 48.6 Å². The van der Waals surface area contributed by atoms with E-state index in [4.69, 9.17) is 11.5 Å². The van der Waals surface area contributed by atoms with Crippen LogP contribution < -0.4 is 11.5 Å². The summed E-state index contributed by atoms with van der Waals surface area (Å²) in [4.78, 5) is 0. The Morgan fingerprint density at radius 3 is 1.94 bits per heavy atom. The van der Waals surface area contributed by atoms with Crippen LogP contribution in [0.2, 0.25) is 0 Å². The molecule has 18 heavy (non-hydrogen) atoms. The highest BCUT2D eigenvalue weighted by atomic mass is 16.0. The maximum atomic E-state index is 5.86. The van der Waals surface area contributed by atoms with E-state index in [2.05, 4.69) is 18.2 Å². The van der Waals surface area contributed by atoms with Gasteiger partial charge in [-0.1, -0.05) is 48.6 Å². The van der Waals surface area contributed by atoms with Gasteiger partial charge in [0.25, 0.3) is 0 Å². The van der Waals surface area contributed by atoms with E-state index < -0.39 is 5.66 Å². The predicted molar refractivity (Wildman–Crippen MR) is 73.7 cm³/mol. The van der Waals surface area contributed by atoms with Crippen molar-refractivity contribution in [1.29, 1.82) is 0 Å². The molecule has 104 valence electrons. The SMILES string of the molecule is NC1(N)C=CC=C(c2ccccc2)C1.O.O.O.O. The first-order valence-electron chi connectivity index (χ1n) is 4.69. The highest BCUT2D eigenvalue weighted by molar-refractivity contribution is 5.69. The molecule has 1 aliphatic rings. The van der Waals surface area contributed by atoms with E-state index in [1.165, 1.54) is 11.1 Å². The number of benzene rings is 1. The highest BCUT2D eigenvalue weighted by Crippen LogP contribution is 2.25. The van der Waals surface area contributed by atoms with Gasteiger partial charge in [-0.05, 0) is 11.1 Å². The number of hydrogen-bond acceptors (Lipinski definition) is 2. The third-order valence-corrected chi connectivity index (χ3v) is 2.35. The number of rotatable bonds is 1. The monoisotopic (exact) mass is 258 g/mol. The molecule has 0 radical (unpaired) electrons. The first-order chi connectivity index (χ1) is 6.67. The average molecular weight is 258 g/mol. The lowest BCUT2D eigenvalue weighted by Crippen LogP contribution is -2.48. The van der Waals surface area contributed by atoms with Gasteiger partial charge in [0.2, 0.25) is 0 Å². The van der Waals surface area contributed by atoms with Crippen molar-refractivity contribution in [2.75, 3.05) is 0 Å². The summed E-state index contributed by atoms with van der Waals surface area (Å²) in [6.45, 7) is 0. The zero-order valence-electron chi connectivity index (χ0n) is 9.98. The molecule has 0 saturated heterocycles. The van der Waals surface area contributed by atoms with Crippen molar-refractivity contribution in [3.05, 3.63) is 54.1 Å². The summed E-state index contributed by atoms with van der Waals surface area (Å²) in [5.74, 6) is 0. The van der Waals surface area contributed by atoms with Gasteiger partial charge in [0, 0.05) is 6.42 Å². The molecule has 0 spiro atoms. The van der Waals surface area contributed by atoms with E-state index in [0.29, 0.717) is 6.42 Å². The molecule has 0 aliphatic heterocycles. The minimum absolute atomic E-state index is 0. The van der Waals surface area contributed by atoms with Crippen LogP contribution in [0.4, 0.5) is 0 Å². The van der Waals surface area contributed by atoms with Gasteiger partial charge in [-0.25, -0.2) is 0 Å². The van der Waals surface area contributed by atoms with E-state index in [1.807, 2.05) is 30.4 Å². The van der Waals surface area contributed by atoms with E-state index in [-0.39, 0.29) is 21.9 Å². The molecule has 0 atom stereocenters. The minimum Gasteiger partial charge on any atom is -0.412 e. The van der Waals surface area contributed by atoms with Crippen LogP contribution >= 0.6 is 0 Å². The Balaban J connectivity index is -0.000000562. The number of nitrogens with two attached hydrogens (primary N) is 2. The lowest BCUT2D eigenvalue weighted by molar-refractivity contribution is 0.565. The Morgan fingerprint density at radius 1 is 0.889 bits per heavy atom. The van der Waals surface area contributed by atoms with Gasteiger partial charge in [-0.15, -0.1) is 0 Å². The topological polar surface area (TPSA) is 178 Å². The summed E-state index contributed by atoms with van der Waals surface area (Å²) in [5.41, 5.74) is 13.4. The molecule has 1 aromatic rings. The van der Waals surface area contributed by atoms with Gasteiger partial charge < -0.3 is 33.4 Å². The van der Waals surface area contributed by atoms with Gasteiger partial charge in [-0.3, -0.25) is 0 Å². The van der Waals surface area contributed by atoms with Gasteiger partial charge in [0.1, 0.15) is 0 Å². The smallest absolute Gasteiger partial charge is 0.0872 e. The molecular weight excluding hydrogens is 236 g/mol. The van der Waals surface area contributed by atoms with Crippen LogP contribution in [0.3, 0.4) is 0 Å². The average Bonchev–Trinajstić information content (AvgIpc) is 2.18. The molecule has 0 aromatic heterocycles. The number of hydrogen-bond donors (Lipinski definition) is 2. The van der Waals surface area contributed by atoms with E-state index in [0.717, 1.165) is 0 Å². The molecular formula is C12H22N2O4. The Hall–Kier alpha value is -1.54. The van der Waals surface area contributed by atoms with Gasteiger partial charge in [0.05, 0.1) is 5.66 Å². The van der Waals surface area contributed by atoms with Crippen LogP contribution in [0.1, 0.15) is 12.0 Å². The lowest BCUT2D eigenvalue weighted by atomic mass is 9.91. The van der Waals surface area contributed by atoms with Gasteiger partial charge in [0.15, 0.2) is 0 Å². The molecule has 0 bridgehead atoms. The van der Waals surface area contributed by atoms with Crippen molar-refractivity contribution in [3.63, 3.8) is 0 Å². The summed E-state index contributed by atoms with van der Waals surface area (Å²) in [7, 11) is 0. The van der Waals surface area contributed by atoms with Crippen molar-refractivity contribution >= 4 is 5.57 Å². The fraction of sp³-hybridized carbons (Fsp3) is 0.167. The molecule has 1 aromatic carbocycles. The molecule has 0 saturated carbocycles. The first kappa shape index (κ1) is 21.7. The molecule has 0 amide bonds. The maximum absolute atomic E-state index is 5.86. The van der Waals surface area contributed by atoms with Crippen LogP contribution in [-0.2, 0) is 0 Å². The quantitative estimate of drug-likeness (QED) is 0.573. The Labute approximate surface area is 106 Å². The van der Waals surface area contributed by atoms with Gasteiger partial charge in [-0.2, -0.15) is 0 Å². The van der Waals surface area contributed by atoms with Crippen LogP contribution in [-0.4, -0.2) is 27.6 Å². The first-order valence-corrected chi connectivity index (χ1v) is 4.69. The Bertz CT molecular complexity index is 388. The van der Waals surface area contributed by atoms with Crippen molar-refractivity contribution in [2.24, 2.45) is 11.5 Å². The molecule has 1 aliphatic carbocycles. The third-order valence-electron chi connectivity index (χ3n) is 2.35. The molecule has 0 unspecified atom stereocenters. The zero-order valence-corrected chi connectivity index (χ0v) is 9.98. The van der Waals surface area contributed by atoms with E-state index in [1.54, 1.807) is 0 Å². The molecule has 12 N–H and O–H groups in total. The van der Waals surface area contributed by atoms with Crippen LogP contribution in [0, 0.1) is 0 Å². The number of allylic oxidation sites excluding steroid dienone is 2. The Kier molecular flexibility index (Phi) is 10.3. The molecule has 0 fully saturated rings. The van der Waals surface area contributed by atoms with Gasteiger partial charge >= 0.3 is 0 Å². The van der Waals surface area contributed by atoms with E-state index >= 15 is 0 Å². The molecule has 2 rings (SSSR count). The summed E-state index contributed by atoms with van der Waals surface area (Å²) in [6.07, 6.45) is 6.51. The fourth-order valence-electron chi connectivity index (χ4n) is 1.64. The van der Waals surface area contributed by atoms with Crippen molar-refractivity contribution < 1.29 is 21.9 Å². The third kappa shape index (κ3) is 5.19. The summed E-state index contributed by atoms with van der Waals surface area (Å²) < 4.78 is 0. The fourth-order valence-corrected chi connectivity index (χ4v) is 1.64. The standard InChI is InChI=1S/C12H14N2.4H2O/c13-12(14)8-4-7-11(9-12)10-5-2-1-3-6-10;;;;/h1-8H,9,13-14H2;4*1H2. The highest BCUT2D eigenvalue weighted by Gasteiger charge is 2.20. The second kappa shape index (κ2) is 8.54. The summed E-state index contributed by atoms with van der Waals surface area (Å²) in [5, 5.41) is 0. The van der Waals surface area contributed by atoms with Crippen LogP contribution in [0.25, 0.3) is 5.57 Å². The van der Waals surface area contributed by atoms with Crippen molar-refractivity contribution in [3.8, 4) is 0 Å². The summed E-state index contributed by atoms with van der Waals surface area (Å²) >= 11 is 0. The normalized spacial score (nSPS) is 14.9. The zero-order chi connectivity index (χ0) is 10.0. The molecule has 6 nitrogen and oxygen atoms in total. The minimum atomic E-state index is -0.695.